The second kappa shape index (κ2) is 9.65. The zero-order valence-corrected chi connectivity index (χ0v) is 18.0. The Morgan fingerprint density at radius 3 is 2.72 bits per heavy atom. The van der Waals surface area contributed by atoms with Gasteiger partial charge in [-0.3, -0.25) is 4.79 Å². The molecule has 0 bridgehead atoms. The number of aromatic nitrogens is 2. The number of aryl methyl sites for hydroxylation is 2. The SMILES string of the molecule is COCc1cc(C)nc(SCC(=O)Nc2nc(-c3ccc(C)cc3)cs2)c1C#N. The molecule has 0 unspecified atom stereocenters. The van der Waals surface area contributed by atoms with Crippen molar-refractivity contribution < 1.29 is 9.53 Å². The van der Waals surface area contributed by atoms with E-state index in [4.69, 9.17) is 4.74 Å². The lowest BCUT2D eigenvalue weighted by Gasteiger charge is -2.09. The van der Waals surface area contributed by atoms with Crippen LogP contribution < -0.4 is 5.32 Å². The Kier molecular flexibility index (Phi) is 6.99. The summed E-state index contributed by atoms with van der Waals surface area (Å²) in [4.78, 5) is 21.3. The first kappa shape index (κ1) is 21.0. The van der Waals surface area contributed by atoms with Gasteiger partial charge >= 0.3 is 0 Å². The molecule has 0 spiro atoms. The fraction of sp³-hybridized carbons (Fsp3) is 0.238. The van der Waals surface area contributed by atoms with E-state index in [0.29, 0.717) is 22.3 Å². The molecular weight excluding hydrogens is 404 g/mol. The number of carbonyl (C=O) groups is 1. The number of anilines is 1. The summed E-state index contributed by atoms with van der Waals surface area (Å²) in [7, 11) is 1.58. The van der Waals surface area contributed by atoms with E-state index in [1.165, 1.54) is 28.7 Å². The van der Waals surface area contributed by atoms with Crippen LogP contribution in [0, 0.1) is 25.2 Å². The van der Waals surface area contributed by atoms with Gasteiger partial charge in [0.05, 0.1) is 23.6 Å². The number of nitriles is 1. The highest BCUT2D eigenvalue weighted by atomic mass is 32.2. The molecule has 0 fully saturated rings. The number of methoxy groups -OCH3 is 1. The van der Waals surface area contributed by atoms with Crippen LogP contribution in [0.25, 0.3) is 11.3 Å². The number of benzene rings is 1. The highest BCUT2D eigenvalue weighted by molar-refractivity contribution is 8.00. The summed E-state index contributed by atoms with van der Waals surface area (Å²) in [6.07, 6.45) is 0. The van der Waals surface area contributed by atoms with Gasteiger partial charge in [-0.25, -0.2) is 9.97 Å². The number of hydrogen-bond donors (Lipinski definition) is 1. The van der Waals surface area contributed by atoms with Crippen molar-refractivity contribution in [2.75, 3.05) is 18.2 Å². The molecule has 8 heteroatoms. The molecule has 3 rings (SSSR count). The van der Waals surface area contributed by atoms with E-state index in [0.717, 1.165) is 22.5 Å². The lowest BCUT2D eigenvalue weighted by atomic mass is 10.1. The summed E-state index contributed by atoms with van der Waals surface area (Å²) in [6.45, 7) is 4.21. The highest BCUT2D eigenvalue weighted by Crippen LogP contribution is 2.27. The molecule has 0 aliphatic carbocycles. The molecule has 2 aromatic heterocycles. The molecule has 0 radical (unpaired) electrons. The average Bonchev–Trinajstić information content (AvgIpc) is 3.15. The molecule has 1 N–H and O–H groups in total. The number of ether oxygens (including phenoxy) is 1. The van der Waals surface area contributed by atoms with Crippen molar-refractivity contribution in [3.63, 3.8) is 0 Å². The van der Waals surface area contributed by atoms with E-state index >= 15 is 0 Å². The minimum absolute atomic E-state index is 0.136. The summed E-state index contributed by atoms with van der Waals surface area (Å²) < 4.78 is 5.16. The van der Waals surface area contributed by atoms with Crippen molar-refractivity contribution in [3.8, 4) is 17.3 Å². The van der Waals surface area contributed by atoms with E-state index < -0.39 is 0 Å². The first-order chi connectivity index (χ1) is 14.0. The van der Waals surface area contributed by atoms with Gasteiger partial charge in [0.15, 0.2) is 5.13 Å². The van der Waals surface area contributed by atoms with E-state index in [9.17, 15) is 10.1 Å². The fourth-order valence-corrected chi connectivity index (χ4v) is 4.29. The number of thioether (sulfide) groups is 1. The minimum Gasteiger partial charge on any atom is -0.380 e. The first-order valence-electron chi connectivity index (χ1n) is 8.85. The number of pyridine rings is 1. The van der Waals surface area contributed by atoms with Gasteiger partial charge in [-0.2, -0.15) is 5.26 Å². The predicted octanol–water partition coefficient (Wildman–Crippen LogP) is 4.57. The number of nitrogens with one attached hydrogen (secondary N) is 1. The van der Waals surface area contributed by atoms with Crippen LogP contribution in [0.1, 0.15) is 22.4 Å². The molecule has 0 aliphatic heterocycles. The van der Waals surface area contributed by atoms with Gasteiger partial charge < -0.3 is 10.1 Å². The number of hydrogen-bond acceptors (Lipinski definition) is 7. The van der Waals surface area contributed by atoms with Crippen LogP contribution in [-0.4, -0.2) is 28.7 Å². The summed E-state index contributed by atoms with van der Waals surface area (Å²) in [5.74, 6) is -0.0583. The van der Waals surface area contributed by atoms with E-state index in [2.05, 4.69) is 21.4 Å². The average molecular weight is 425 g/mol. The Morgan fingerprint density at radius 2 is 2.03 bits per heavy atom. The van der Waals surface area contributed by atoms with E-state index in [-0.39, 0.29) is 11.7 Å². The van der Waals surface area contributed by atoms with Gasteiger partial charge in [-0.05, 0) is 25.5 Å². The van der Waals surface area contributed by atoms with Gasteiger partial charge in [-0.1, -0.05) is 41.6 Å². The number of rotatable bonds is 7. The largest absolute Gasteiger partial charge is 0.380 e. The van der Waals surface area contributed by atoms with Crippen molar-refractivity contribution in [1.29, 1.82) is 5.26 Å². The maximum Gasteiger partial charge on any atom is 0.236 e. The second-order valence-corrected chi connectivity index (χ2v) is 8.21. The Labute approximate surface area is 178 Å². The third kappa shape index (κ3) is 5.41. The van der Waals surface area contributed by atoms with Crippen LogP contribution in [0.2, 0.25) is 0 Å². The van der Waals surface area contributed by atoms with Crippen LogP contribution in [-0.2, 0) is 16.1 Å². The smallest absolute Gasteiger partial charge is 0.236 e. The van der Waals surface area contributed by atoms with E-state index in [1.807, 2.05) is 49.6 Å². The van der Waals surface area contributed by atoms with Gasteiger partial charge in [0.2, 0.25) is 5.91 Å². The van der Waals surface area contributed by atoms with Crippen LogP contribution in [0.4, 0.5) is 5.13 Å². The topological polar surface area (TPSA) is 87.9 Å². The molecular formula is C21H20N4O2S2. The lowest BCUT2D eigenvalue weighted by molar-refractivity contribution is -0.113. The zero-order chi connectivity index (χ0) is 20.8. The third-order valence-corrected chi connectivity index (χ3v) is 5.78. The zero-order valence-electron chi connectivity index (χ0n) is 16.4. The molecule has 6 nitrogen and oxygen atoms in total. The Morgan fingerprint density at radius 1 is 1.28 bits per heavy atom. The Hall–Kier alpha value is -2.73. The third-order valence-electron chi connectivity index (χ3n) is 4.05. The predicted molar refractivity (Wildman–Crippen MR) is 116 cm³/mol. The molecule has 0 saturated heterocycles. The van der Waals surface area contributed by atoms with E-state index in [1.54, 1.807) is 7.11 Å². The molecule has 3 aromatic rings. The molecule has 1 amide bonds. The second-order valence-electron chi connectivity index (χ2n) is 6.39. The van der Waals surface area contributed by atoms with Crippen molar-refractivity contribution >= 4 is 34.1 Å². The lowest BCUT2D eigenvalue weighted by Crippen LogP contribution is -2.14. The maximum atomic E-state index is 12.4. The monoisotopic (exact) mass is 424 g/mol. The maximum absolute atomic E-state index is 12.4. The molecule has 148 valence electrons. The number of amides is 1. The van der Waals surface area contributed by atoms with Gasteiger partial charge in [0.1, 0.15) is 11.1 Å². The number of nitrogens with zero attached hydrogens (tertiary/aromatic N) is 3. The van der Waals surface area contributed by atoms with Crippen LogP contribution in [0.3, 0.4) is 0 Å². The normalized spacial score (nSPS) is 10.6. The van der Waals surface area contributed by atoms with Crippen LogP contribution >= 0.6 is 23.1 Å². The molecule has 2 heterocycles. The van der Waals surface area contributed by atoms with Crippen molar-refractivity contribution in [2.24, 2.45) is 0 Å². The minimum atomic E-state index is -0.194. The van der Waals surface area contributed by atoms with Gasteiger partial charge in [-0.15, -0.1) is 11.3 Å². The molecule has 0 atom stereocenters. The van der Waals surface area contributed by atoms with Crippen LogP contribution in [0.15, 0.2) is 40.7 Å². The summed E-state index contributed by atoms with van der Waals surface area (Å²) >= 11 is 2.61. The Balaban J connectivity index is 1.65. The van der Waals surface area contributed by atoms with Gasteiger partial charge in [0.25, 0.3) is 0 Å². The first-order valence-corrected chi connectivity index (χ1v) is 10.7. The number of carbonyl (C=O) groups excluding carboxylic acids is 1. The molecule has 29 heavy (non-hydrogen) atoms. The fourth-order valence-electron chi connectivity index (χ4n) is 2.68. The quantitative estimate of drug-likeness (QED) is 0.559. The molecule has 0 saturated carbocycles. The Bertz CT molecular complexity index is 1060. The summed E-state index contributed by atoms with van der Waals surface area (Å²) in [6, 6.07) is 12.1. The molecule has 0 aliphatic rings. The molecule has 1 aromatic carbocycles. The number of thiazole rings is 1. The standard InChI is InChI=1S/C21H20N4O2S2/c1-13-4-6-15(7-5-13)18-11-29-21(24-18)25-19(26)12-28-20-17(9-22)16(10-27-3)8-14(2)23-20/h4-8,11H,10,12H2,1-3H3,(H,24,25,26). The summed E-state index contributed by atoms with van der Waals surface area (Å²) in [5.41, 5.74) is 5.02. The van der Waals surface area contributed by atoms with Gasteiger partial charge in [0, 0.05) is 23.7 Å². The van der Waals surface area contributed by atoms with Crippen LogP contribution in [0.5, 0.6) is 0 Å². The van der Waals surface area contributed by atoms with Crippen molar-refractivity contribution in [3.05, 3.63) is 58.1 Å². The van der Waals surface area contributed by atoms with Crippen molar-refractivity contribution in [2.45, 2.75) is 25.5 Å². The summed E-state index contributed by atoms with van der Waals surface area (Å²) in [5, 5.41) is 15.3. The van der Waals surface area contributed by atoms with Crippen molar-refractivity contribution in [1.82, 2.24) is 9.97 Å². The highest BCUT2D eigenvalue weighted by Gasteiger charge is 2.14.